The van der Waals surface area contributed by atoms with Crippen LogP contribution in [0.5, 0.6) is 0 Å². The number of ether oxygens (including phenoxy) is 1. The zero-order valence-electron chi connectivity index (χ0n) is 19.5. The van der Waals surface area contributed by atoms with Crippen molar-refractivity contribution in [2.45, 2.75) is 59.0 Å². The minimum Gasteiger partial charge on any atom is -0.478 e. The Morgan fingerprint density at radius 3 is 2.18 bits per heavy atom. The molecule has 0 saturated carbocycles. The van der Waals surface area contributed by atoms with Crippen LogP contribution >= 0.6 is 0 Å². The predicted molar refractivity (Wildman–Crippen MR) is 130 cm³/mol. The zero-order valence-corrected chi connectivity index (χ0v) is 19.5. The van der Waals surface area contributed by atoms with Crippen molar-refractivity contribution in [1.29, 1.82) is 0 Å². The lowest BCUT2D eigenvalue weighted by Gasteiger charge is -2.22. The minimum absolute atomic E-state index is 0.00285. The zero-order chi connectivity index (χ0) is 24.8. The highest BCUT2D eigenvalue weighted by Crippen LogP contribution is 2.37. The van der Waals surface area contributed by atoms with Crippen LogP contribution in [0.25, 0.3) is 0 Å². The molecule has 0 fully saturated rings. The number of aromatic carboxylic acids is 1. The van der Waals surface area contributed by atoms with Gasteiger partial charge in [0.1, 0.15) is 5.60 Å². The normalized spacial score (nSPS) is 11.0. The van der Waals surface area contributed by atoms with Crippen LogP contribution in [0, 0.1) is 0 Å². The molecule has 0 aromatic heterocycles. The number of carboxylic acid groups (broad SMARTS) is 1. The topological polar surface area (TPSA) is 157 Å². The number of carboxylic acids is 1. The van der Waals surface area contributed by atoms with Gasteiger partial charge in [-0.05, 0) is 57.4 Å². The van der Waals surface area contributed by atoms with Gasteiger partial charge in [0.2, 0.25) is 0 Å². The number of unbranched alkanes of at least 4 members (excludes halogenated alkanes) is 2. The summed E-state index contributed by atoms with van der Waals surface area (Å²) < 4.78 is 5.18. The number of aryl methyl sites for hydroxylation is 1. The summed E-state index contributed by atoms with van der Waals surface area (Å²) in [6.45, 7) is 7.13. The lowest BCUT2D eigenvalue weighted by molar-refractivity contribution is 0.0636. The molecule has 33 heavy (non-hydrogen) atoms. The largest absolute Gasteiger partial charge is 0.478 e. The first-order chi connectivity index (χ1) is 15.4. The summed E-state index contributed by atoms with van der Waals surface area (Å²) in [5, 5.41) is 14.5. The van der Waals surface area contributed by atoms with Crippen molar-refractivity contribution in [2.24, 2.45) is 0 Å². The van der Waals surface area contributed by atoms with Crippen LogP contribution in [-0.2, 0) is 11.2 Å². The molecule has 0 unspecified atom stereocenters. The number of benzene rings is 2. The van der Waals surface area contributed by atoms with Gasteiger partial charge in [-0.2, -0.15) is 0 Å². The summed E-state index contributed by atoms with van der Waals surface area (Å²) in [6.07, 6.45) is 3.41. The third-order valence-electron chi connectivity index (χ3n) is 4.78. The molecule has 9 heteroatoms. The van der Waals surface area contributed by atoms with Crippen molar-refractivity contribution in [3.8, 4) is 0 Å². The van der Waals surface area contributed by atoms with Gasteiger partial charge in [0.25, 0.3) is 5.91 Å². The van der Waals surface area contributed by atoms with Crippen LogP contribution in [0.1, 0.15) is 73.2 Å². The average Bonchev–Trinajstić information content (AvgIpc) is 2.72. The van der Waals surface area contributed by atoms with Crippen LogP contribution in [-0.4, -0.2) is 28.7 Å². The number of hydrogen-bond acceptors (Lipinski definition) is 6. The third-order valence-corrected chi connectivity index (χ3v) is 4.78. The molecule has 0 aliphatic carbocycles. The van der Waals surface area contributed by atoms with Crippen molar-refractivity contribution in [3.63, 3.8) is 0 Å². The molecule has 2 aromatic rings. The first-order valence-corrected chi connectivity index (χ1v) is 10.8. The summed E-state index contributed by atoms with van der Waals surface area (Å²) in [5.41, 5.74) is 12.0. The second-order valence-corrected chi connectivity index (χ2v) is 8.72. The van der Waals surface area contributed by atoms with E-state index < -0.39 is 23.6 Å². The van der Waals surface area contributed by atoms with E-state index in [0.717, 1.165) is 37.3 Å². The fraction of sp³-hybridized carbons (Fsp3) is 0.375. The lowest BCUT2D eigenvalue weighted by Crippen LogP contribution is -2.28. The summed E-state index contributed by atoms with van der Waals surface area (Å²) in [7, 11) is 0. The molecule has 2 rings (SSSR count). The van der Waals surface area contributed by atoms with E-state index in [1.165, 1.54) is 0 Å². The highest BCUT2D eigenvalue weighted by atomic mass is 16.6. The Bertz CT molecular complexity index is 1030. The number of nitrogens with two attached hydrogens (primary N) is 2. The molecule has 0 saturated heterocycles. The molecule has 2 aromatic carbocycles. The first-order valence-electron chi connectivity index (χ1n) is 10.8. The lowest BCUT2D eigenvalue weighted by atomic mass is 10.0. The summed E-state index contributed by atoms with van der Waals surface area (Å²) in [6, 6.07) is 8.31. The van der Waals surface area contributed by atoms with E-state index in [2.05, 4.69) is 17.6 Å². The molecule has 178 valence electrons. The SMILES string of the molecule is CCCCCc1ccc(C(=O)Nc2c(N)cc(C(=O)O)c(NC(=O)OC(C)(C)C)c2N)cc1. The van der Waals surface area contributed by atoms with Crippen LogP contribution < -0.4 is 22.1 Å². The van der Waals surface area contributed by atoms with Crippen LogP contribution in [0.15, 0.2) is 30.3 Å². The number of amides is 2. The van der Waals surface area contributed by atoms with Crippen LogP contribution in [0.4, 0.5) is 27.5 Å². The second-order valence-electron chi connectivity index (χ2n) is 8.72. The maximum Gasteiger partial charge on any atom is 0.412 e. The Morgan fingerprint density at radius 1 is 1.00 bits per heavy atom. The van der Waals surface area contributed by atoms with E-state index in [-0.39, 0.29) is 28.3 Å². The van der Waals surface area contributed by atoms with Gasteiger partial charge in [-0.1, -0.05) is 31.9 Å². The van der Waals surface area contributed by atoms with Gasteiger partial charge in [-0.3, -0.25) is 10.1 Å². The van der Waals surface area contributed by atoms with Gasteiger partial charge in [0.15, 0.2) is 0 Å². The summed E-state index contributed by atoms with van der Waals surface area (Å²) >= 11 is 0. The molecule has 2 amide bonds. The second kappa shape index (κ2) is 10.7. The molecule has 0 bridgehead atoms. The van der Waals surface area contributed by atoms with Gasteiger partial charge < -0.3 is 26.6 Å². The Balaban J connectivity index is 2.29. The minimum atomic E-state index is -1.35. The Hall–Kier alpha value is -3.75. The number of carbonyl (C=O) groups is 3. The van der Waals surface area contributed by atoms with Gasteiger partial charge >= 0.3 is 12.1 Å². The third kappa shape index (κ3) is 7.13. The number of nitrogens with one attached hydrogen (secondary N) is 2. The fourth-order valence-corrected chi connectivity index (χ4v) is 3.16. The van der Waals surface area contributed by atoms with E-state index in [1.807, 2.05) is 12.1 Å². The van der Waals surface area contributed by atoms with Crippen molar-refractivity contribution >= 4 is 40.7 Å². The number of rotatable bonds is 8. The summed E-state index contributed by atoms with van der Waals surface area (Å²) in [5.74, 6) is -1.82. The maximum absolute atomic E-state index is 12.8. The van der Waals surface area contributed by atoms with E-state index in [4.69, 9.17) is 16.2 Å². The van der Waals surface area contributed by atoms with Crippen LogP contribution in [0.2, 0.25) is 0 Å². The van der Waals surface area contributed by atoms with Gasteiger partial charge in [-0.25, -0.2) is 9.59 Å². The highest BCUT2D eigenvalue weighted by molar-refractivity contribution is 6.13. The molecule has 0 spiro atoms. The van der Waals surface area contributed by atoms with E-state index >= 15 is 0 Å². The van der Waals surface area contributed by atoms with Crippen molar-refractivity contribution < 1.29 is 24.2 Å². The van der Waals surface area contributed by atoms with E-state index in [1.54, 1.807) is 32.9 Å². The number of hydrogen-bond donors (Lipinski definition) is 5. The number of carbonyl (C=O) groups excluding carboxylic acids is 2. The fourth-order valence-electron chi connectivity index (χ4n) is 3.16. The molecule has 9 nitrogen and oxygen atoms in total. The standard InChI is InChI=1S/C24H32N4O5/c1-5-6-7-8-14-9-11-15(12-10-14)21(29)27-20-17(25)13-16(22(30)31)19(18(20)26)28-23(32)33-24(2,3)4/h9-13H,5-8,25-26H2,1-4H3,(H,27,29)(H,28,32)(H,30,31). The summed E-state index contributed by atoms with van der Waals surface area (Å²) in [4.78, 5) is 36.7. The Morgan fingerprint density at radius 2 is 1.64 bits per heavy atom. The molecule has 0 heterocycles. The molecule has 0 aliphatic heterocycles. The van der Waals surface area contributed by atoms with Gasteiger partial charge in [0, 0.05) is 5.56 Å². The van der Waals surface area contributed by atoms with Crippen LogP contribution in [0.3, 0.4) is 0 Å². The molecule has 0 atom stereocenters. The molecular formula is C24H32N4O5. The van der Waals surface area contributed by atoms with E-state index in [0.29, 0.717) is 5.56 Å². The van der Waals surface area contributed by atoms with E-state index in [9.17, 15) is 19.5 Å². The Kier molecular flexibility index (Phi) is 8.28. The first kappa shape index (κ1) is 25.5. The highest BCUT2D eigenvalue weighted by Gasteiger charge is 2.24. The number of anilines is 4. The maximum atomic E-state index is 12.8. The predicted octanol–water partition coefficient (Wildman–Crippen LogP) is 4.88. The monoisotopic (exact) mass is 456 g/mol. The molecule has 0 aliphatic rings. The van der Waals surface area contributed by atoms with Crippen molar-refractivity contribution in [3.05, 3.63) is 47.0 Å². The van der Waals surface area contributed by atoms with Crippen molar-refractivity contribution in [2.75, 3.05) is 22.1 Å². The van der Waals surface area contributed by atoms with Crippen molar-refractivity contribution in [1.82, 2.24) is 0 Å². The number of nitrogen functional groups attached to an aromatic ring is 2. The Labute approximate surface area is 193 Å². The smallest absolute Gasteiger partial charge is 0.412 e. The quantitative estimate of drug-likeness (QED) is 0.280. The molecule has 7 N–H and O–H groups in total. The average molecular weight is 457 g/mol. The van der Waals surface area contributed by atoms with Gasteiger partial charge in [-0.15, -0.1) is 0 Å². The van der Waals surface area contributed by atoms with Gasteiger partial charge in [0.05, 0.1) is 28.3 Å². The molecular weight excluding hydrogens is 424 g/mol. The molecule has 0 radical (unpaired) electrons.